The minimum atomic E-state index is -0.731. The largest absolute Gasteiger partial charge is 0.340 e. The molecule has 0 spiro atoms. The number of carbonyl (C=O) groups excluding carboxylic acids is 2. The van der Waals surface area contributed by atoms with Crippen LogP contribution in [-0.2, 0) is 4.79 Å². The molecule has 6 nitrogen and oxygen atoms in total. The summed E-state index contributed by atoms with van der Waals surface area (Å²) in [5, 5.41) is 14.9. The highest BCUT2D eigenvalue weighted by Crippen LogP contribution is 2.42. The van der Waals surface area contributed by atoms with E-state index >= 15 is 0 Å². The number of anilines is 1. The predicted octanol–water partition coefficient (Wildman–Crippen LogP) is 2.95. The zero-order valence-corrected chi connectivity index (χ0v) is 14.8. The molecule has 0 saturated heterocycles. The van der Waals surface area contributed by atoms with Gasteiger partial charge in [0, 0.05) is 11.5 Å². The summed E-state index contributed by atoms with van der Waals surface area (Å²) >= 11 is 1.37. The first-order chi connectivity index (χ1) is 11.9. The van der Waals surface area contributed by atoms with Crippen molar-refractivity contribution < 1.29 is 14.0 Å². The molecule has 2 amide bonds. The number of hydrogen-bond donors (Lipinski definition) is 2. The van der Waals surface area contributed by atoms with E-state index in [4.69, 9.17) is 0 Å². The Morgan fingerprint density at radius 1 is 1.20 bits per heavy atom. The number of nitrogens with one attached hydrogen (secondary N) is 2. The molecule has 0 radical (unpaired) electrons. The first-order valence-electron chi connectivity index (χ1n) is 8.14. The molecule has 132 valence electrons. The second-order valence-corrected chi connectivity index (χ2v) is 7.42. The third-order valence-corrected chi connectivity index (χ3v) is 4.94. The molecule has 2 aromatic rings. The molecule has 1 saturated carbocycles. The minimum Gasteiger partial charge on any atom is -0.340 e. The van der Waals surface area contributed by atoms with Crippen LogP contribution >= 0.6 is 11.3 Å². The molecule has 1 aliphatic carbocycles. The second kappa shape index (κ2) is 7.26. The summed E-state index contributed by atoms with van der Waals surface area (Å²) in [6.45, 7) is 3.68. The first-order valence-corrected chi connectivity index (χ1v) is 8.96. The van der Waals surface area contributed by atoms with Gasteiger partial charge in [-0.25, -0.2) is 4.39 Å². The molecule has 1 aliphatic rings. The van der Waals surface area contributed by atoms with Crippen molar-refractivity contribution in [2.24, 2.45) is 5.92 Å². The molecular formula is C17H19FN4O2S. The van der Waals surface area contributed by atoms with Crippen LogP contribution in [0.2, 0.25) is 0 Å². The van der Waals surface area contributed by atoms with Crippen LogP contribution in [0.1, 0.15) is 48.0 Å². The molecule has 1 heterocycles. The van der Waals surface area contributed by atoms with Crippen molar-refractivity contribution >= 4 is 28.3 Å². The van der Waals surface area contributed by atoms with E-state index in [-0.39, 0.29) is 11.8 Å². The quantitative estimate of drug-likeness (QED) is 0.827. The van der Waals surface area contributed by atoms with Gasteiger partial charge in [-0.1, -0.05) is 25.2 Å². The number of halogens is 1. The molecule has 1 fully saturated rings. The highest BCUT2D eigenvalue weighted by molar-refractivity contribution is 7.15. The molecule has 3 rings (SSSR count). The van der Waals surface area contributed by atoms with Crippen LogP contribution in [0, 0.1) is 11.7 Å². The topological polar surface area (TPSA) is 84.0 Å². The molecule has 1 aromatic carbocycles. The van der Waals surface area contributed by atoms with Gasteiger partial charge in [0.25, 0.3) is 5.91 Å². The van der Waals surface area contributed by atoms with Crippen LogP contribution in [-0.4, -0.2) is 28.1 Å². The van der Waals surface area contributed by atoms with Gasteiger partial charge in [0.15, 0.2) is 0 Å². The van der Waals surface area contributed by atoms with Crippen LogP contribution in [0.15, 0.2) is 24.3 Å². The maximum atomic E-state index is 13.0. The van der Waals surface area contributed by atoms with E-state index in [0.29, 0.717) is 16.6 Å². The van der Waals surface area contributed by atoms with Crippen molar-refractivity contribution in [1.82, 2.24) is 15.5 Å². The lowest BCUT2D eigenvalue weighted by molar-refractivity contribution is -0.118. The molecule has 8 heteroatoms. The number of hydrogen-bond acceptors (Lipinski definition) is 5. The van der Waals surface area contributed by atoms with Gasteiger partial charge < -0.3 is 5.32 Å². The van der Waals surface area contributed by atoms with Gasteiger partial charge >= 0.3 is 0 Å². The fraction of sp³-hybridized carbons (Fsp3) is 0.412. The number of amides is 2. The standard InChI is InChI=1S/C17H19FN4O2S/c1-9(2)13(19-14(23)10-5-7-12(18)8-6-10)15(24)20-17-22-21-16(25-17)11-3-4-11/h5-9,11,13H,3-4H2,1-2H3,(H,19,23)(H,20,22,24). The molecule has 2 N–H and O–H groups in total. The van der Waals surface area contributed by atoms with Gasteiger partial charge in [-0.3, -0.25) is 14.9 Å². The Bertz CT molecular complexity index is 771. The lowest BCUT2D eigenvalue weighted by atomic mass is 10.0. The zero-order chi connectivity index (χ0) is 18.0. The number of nitrogens with zero attached hydrogens (tertiary/aromatic N) is 2. The van der Waals surface area contributed by atoms with Crippen LogP contribution < -0.4 is 10.6 Å². The van der Waals surface area contributed by atoms with Crippen LogP contribution in [0.3, 0.4) is 0 Å². The smallest absolute Gasteiger partial charge is 0.251 e. The molecule has 0 bridgehead atoms. The van der Waals surface area contributed by atoms with Gasteiger partial charge in [0.1, 0.15) is 16.9 Å². The predicted molar refractivity (Wildman–Crippen MR) is 93.0 cm³/mol. The van der Waals surface area contributed by atoms with Gasteiger partial charge in [0.2, 0.25) is 11.0 Å². The van der Waals surface area contributed by atoms with Gasteiger partial charge in [0.05, 0.1) is 0 Å². The molecular weight excluding hydrogens is 343 g/mol. The summed E-state index contributed by atoms with van der Waals surface area (Å²) in [5.41, 5.74) is 0.298. The molecule has 1 unspecified atom stereocenters. The third kappa shape index (κ3) is 4.39. The highest BCUT2D eigenvalue weighted by atomic mass is 32.1. The Labute approximate surface area is 148 Å². The van der Waals surface area contributed by atoms with E-state index in [9.17, 15) is 14.0 Å². The second-order valence-electron chi connectivity index (χ2n) is 6.41. The fourth-order valence-electron chi connectivity index (χ4n) is 2.32. The van der Waals surface area contributed by atoms with E-state index in [2.05, 4.69) is 20.8 Å². The number of carbonyl (C=O) groups is 2. The summed E-state index contributed by atoms with van der Waals surface area (Å²) in [5.74, 6) is -0.839. The lowest BCUT2D eigenvalue weighted by Gasteiger charge is -2.21. The van der Waals surface area contributed by atoms with E-state index in [1.54, 1.807) is 0 Å². The highest BCUT2D eigenvalue weighted by Gasteiger charge is 2.29. The Kier molecular flexibility index (Phi) is 5.08. The third-order valence-electron chi connectivity index (χ3n) is 3.94. The summed E-state index contributed by atoms with van der Waals surface area (Å²) < 4.78 is 13.0. The summed E-state index contributed by atoms with van der Waals surface area (Å²) in [6.07, 6.45) is 2.23. The van der Waals surface area contributed by atoms with Gasteiger partial charge in [-0.15, -0.1) is 10.2 Å². The van der Waals surface area contributed by atoms with Gasteiger partial charge in [-0.05, 0) is 43.0 Å². The van der Waals surface area contributed by atoms with Crippen molar-refractivity contribution in [3.05, 3.63) is 40.7 Å². The molecule has 1 atom stereocenters. The molecule has 1 aromatic heterocycles. The maximum absolute atomic E-state index is 13.0. The summed E-state index contributed by atoms with van der Waals surface area (Å²) in [7, 11) is 0. The Morgan fingerprint density at radius 2 is 1.88 bits per heavy atom. The summed E-state index contributed by atoms with van der Waals surface area (Å²) in [4.78, 5) is 24.8. The Balaban J connectivity index is 1.65. The van der Waals surface area contributed by atoms with E-state index < -0.39 is 17.8 Å². The SMILES string of the molecule is CC(C)C(NC(=O)c1ccc(F)cc1)C(=O)Nc1nnc(C2CC2)s1. The fourth-order valence-corrected chi connectivity index (χ4v) is 3.24. The van der Waals surface area contributed by atoms with Gasteiger partial charge in [-0.2, -0.15) is 0 Å². The van der Waals surface area contributed by atoms with Crippen molar-refractivity contribution in [2.45, 2.75) is 38.6 Å². The van der Waals surface area contributed by atoms with Crippen LogP contribution in [0.5, 0.6) is 0 Å². The number of aromatic nitrogens is 2. The molecule has 25 heavy (non-hydrogen) atoms. The van der Waals surface area contributed by atoms with E-state index in [1.807, 2.05) is 13.8 Å². The monoisotopic (exact) mass is 362 g/mol. The average molecular weight is 362 g/mol. The van der Waals surface area contributed by atoms with Crippen molar-refractivity contribution in [3.63, 3.8) is 0 Å². The van der Waals surface area contributed by atoms with Crippen molar-refractivity contribution in [1.29, 1.82) is 0 Å². The van der Waals surface area contributed by atoms with E-state index in [0.717, 1.165) is 17.8 Å². The first kappa shape index (κ1) is 17.5. The maximum Gasteiger partial charge on any atom is 0.251 e. The molecule has 0 aliphatic heterocycles. The number of benzene rings is 1. The van der Waals surface area contributed by atoms with E-state index in [1.165, 1.54) is 35.6 Å². The normalized spacial score (nSPS) is 15.0. The average Bonchev–Trinajstić information content (AvgIpc) is 3.32. The Hall–Kier alpha value is -2.35. The van der Waals surface area contributed by atoms with Crippen molar-refractivity contribution in [2.75, 3.05) is 5.32 Å². The number of rotatable bonds is 6. The van der Waals surface area contributed by atoms with Crippen molar-refractivity contribution in [3.8, 4) is 0 Å². The zero-order valence-electron chi connectivity index (χ0n) is 14.0. The Morgan fingerprint density at radius 3 is 2.48 bits per heavy atom. The minimum absolute atomic E-state index is 0.125. The van der Waals surface area contributed by atoms with Crippen LogP contribution in [0.25, 0.3) is 0 Å². The van der Waals surface area contributed by atoms with Crippen LogP contribution in [0.4, 0.5) is 9.52 Å². The lowest BCUT2D eigenvalue weighted by Crippen LogP contribution is -2.47. The summed E-state index contributed by atoms with van der Waals surface area (Å²) in [6, 6.07) is 4.45.